The predicted molar refractivity (Wildman–Crippen MR) is 93.0 cm³/mol. The lowest BCUT2D eigenvalue weighted by Gasteiger charge is -2.16. The molecule has 8 heteroatoms. The van der Waals surface area contributed by atoms with E-state index in [2.05, 4.69) is 10.0 Å². The van der Waals surface area contributed by atoms with Gasteiger partial charge in [0.1, 0.15) is 6.04 Å². The van der Waals surface area contributed by atoms with Crippen LogP contribution in [0.1, 0.15) is 11.6 Å². The molecule has 0 saturated heterocycles. The van der Waals surface area contributed by atoms with Crippen LogP contribution in [0.2, 0.25) is 5.02 Å². The van der Waals surface area contributed by atoms with E-state index in [1.807, 2.05) is 6.07 Å². The Morgan fingerprint density at radius 1 is 1.08 bits per heavy atom. The van der Waals surface area contributed by atoms with Crippen molar-refractivity contribution in [3.63, 3.8) is 0 Å². The third-order valence-corrected chi connectivity index (χ3v) is 4.98. The van der Waals surface area contributed by atoms with E-state index in [4.69, 9.17) is 17.3 Å². The first-order valence-electron chi connectivity index (χ1n) is 7.23. The average Bonchev–Trinajstić information content (AvgIpc) is 2.55. The van der Waals surface area contributed by atoms with Gasteiger partial charge in [-0.15, -0.1) is 0 Å². The Morgan fingerprint density at radius 3 is 2.42 bits per heavy atom. The van der Waals surface area contributed by atoms with Crippen molar-refractivity contribution in [1.82, 2.24) is 10.0 Å². The van der Waals surface area contributed by atoms with Crippen LogP contribution in [0, 0.1) is 0 Å². The lowest BCUT2D eigenvalue weighted by molar-refractivity contribution is -0.120. The second kappa shape index (κ2) is 8.25. The van der Waals surface area contributed by atoms with Crippen molar-refractivity contribution in [2.45, 2.75) is 10.9 Å². The third-order valence-electron chi connectivity index (χ3n) is 3.29. The molecule has 4 N–H and O–H groups in total. The van der Waals surface area contributed by atoms with Crippen LogP contribution in [-0.2, 0) is 14.8 Å². The van der Waals surface area contributed by atoms with Gasteiger partial charge >= 0.3 is 0 Å². The average molecular weight is 368 g/mol. The van der Waals surface area contributed by atoms with Crippen molar-refractivity contribution in [3.8, 4) is 0 Å². The highest BCUT2D eigenvalue weighted by molar-refractivity contribution is 7.89. The van der Waals surface area contributed by atoms with Crippen LogP contribution in [0.4, 0.5) is 0 Å². The number of primary amides is 1. The fraction of sp³-hybridized carbons (Fsp3) is 0.188. The molecule has 0 radical (unpaired) electrons. The molecule has 0 aliphatic rings. The molecule has 6 nitrogen and oxygen atoms in total. The van der Waals surface area contributed by atoms with E-state index in [-0.39, 0.29) is 18.0 Å². The van der Waals surface area contributed by atoms with Gasteiger partial charge in [-0.2, -0.15) is 0 Å². The Hall–Kier alpha value is -1.93. The highest BCUT2D eigenvalue weighted by Gasteiger charge is 2.17. The maximum atomic E-state index is 12.1. The van der Waals surface area contributed by atoms with Crippen molar-refractivity contribution in [2.24, 2.45) is 5.73 Å². The first-order chi connectivity index (χ1) is 11.4. The molecule has 0 aliphatic heterocycles. The summed E-state index contributed by atoms with van der Waals surface area (Å²) in [6, 6.07) is 14.3. The topological polar surface area (TPSA) is 101 Å². The molecule has 0 fully saturated rings. The second-order valence-corrected chi connectivity index (χ2v) is 7.26. The van der Waals surface area contributed by atoms with Gasteiger partial charge < -0.3 is 11.1 Å². The van der Waals surface area contributed by atoms with E-state index >= 15 is 0 Å². The minimum Gasteiger partial charge on any atom is -0.368 e. The maximum absolute atomic E-state index is 12.1. The molecule has 1 amide bonds. The number of carbonyl (C=O) groups is 1. The number of amides is 1. The maximum Gasteiger partial charge on any atom is 0.240 e. The zero-order valence-electron chi connectivity index (χ0n) is 12.8. The van der Waals surface area contributed by atoms with Crippen LogP contribution in [0.25, 0.3) is 0 Å². The smallest absolute Gasteiger partial charge is 0.240 e. The first-order valence-corrected chi connectivity index (χ1v) is 9.09. The van der Waals surface area contributed by atoms with E-state index in [0.29, 0.717) is 5.02 Å². The monoisotopic (exact) mass is 367 g/mol. The van der Waals surface area contributed by atoms with Crippen LogP contribution < -0.4 is 15.8 Å². The number of rotatable bonds is 8. The molecule has 0 bridgehead atoms. The molecule has 2 rings (SSSR count). The zero-order chi connectivity index (χ0) is 17.6. The number of nitrogens with two attached hydrogens (primary N) is 1. The number of nitrogens with one attached hydrogen (secondary N) is 2. The van der Waals surface area contributed by atoms with Gasteiger partial charge in [0, 0.05) is 18.1 Å². The SMILES string of the molecule is NC(=O)[C@H](NCCNS(=O)(=O)c1cccc(Cl)c1)c1ccccc1. The molecule has 0 unspecified atom stereocenters. The van der Waals surface area contributed by atoms with Crippen molar-refractivity contribution < 1.29 is 13.2 Å². The number of halogens is 1. The summed E-state index contributed by atoms with van der Waals surface area (Å²) in [5.74, 6) is -0.529. The number of hydrogen-bond donors (Lipinski definition) is 3. The summed E-state index contributed by atoms with van der Waals surface area (Å²) in [4.78, 5) is 11.6. The molecule has 2 aromatic carbocycles. The summed E-state index contributed by atoms with van der Waals surface area (Å²) in [5.41, 5.74) is 6.11. The number of benzene rings is 2. The number of carbonyl (C=O) groups excluding carboxylic acids is 1. The van der Waals surface area contributed by atoms with E-state index in [0.717, 1.165) is 5.56 Å². The van der Waals surface area contributed by atoms with Gasteiger partial charge in [0.05, 0.1) is 4.90 Å². The molecule has 0 aromatic heterocycles. The molecular weight excluding hydrogens is 350 g/mol. The summed E-state index contributed by atoms with van der Waals surface area (Å²) in [6.07, 6.45) is 0. The molecule has 1 atom stereocenters. The minimum absolute atomic E-state index is 0.0875. The van der Waals surface area contributed by atoms with E-state index in [1.165, 1.54) is 12.1 Å². The van der Waals surface area contributed by atoms with Crippen LogP contribution in [-0.4, -0.2) is 27.4 Å². The molecule has 0 aliphatic carbocycles. The third kappa shape index (κ3) is 5.04. The Bertz CT molecular complexity index is 797. The van der Waals surface area contributed by atoms with Crippen LogP contribution >= 0.6 is 11.6 Å². The van der Waals surface area contributed by atoms with E-state index < -0.39 is 22.0 Å². The largest absolute Gasteiger partial charge is 0.368 e. The van der Waals surface area contributed by atoms with Gasteiger partial charge in [0.15, 0.2) is 0 Å². The molecule has 0 heterocycles. The van der Waals surface area contributed by atoms with Crippen LogP contribution in [0.3, 0.4) is 0 Å². The Kier molecular flexibility index (Phi) is 6.33. The lowest BCUT2D eigenvalue weighted by atomic mass is 10.1. The standard InChI is InChI=1S/C16H18ClN3O3S/c17-13-7-4-8-14(11-13)24(22,23)20-10-9-19-15(16(18)21)12-5-2-1-3-6-12/h1-8,11,15,19-20H,9-10H2,(H2,18,21)/t15-/m1/s1. The van der Waals surface area contributed by atoms with Crippen LogP contribution in [0.5, 0.6) is 0 Å². The molecule has 0 saturated carbocycles. The summed E-state index contributed by atoms with van der Waals surface area (Å²) in [5, 5.41) is 3.28. The fourth-order valence-electron chi connectivity index (χ4n) is 2.15. The minimum atomic E-state index is -3.66. The Balaban J connectivity index is 1.92. The van der Waals surface area contributed by atoms with Gasteiger partial charge in [-0.25, -0.2) is 13.1 Å². The second-order valence-electron chi connectivity index (χ2n) is 5.06. The fourth-order valence-corrected chi connectivity index (χ4v) is 3.48. The number of hydrogen-bond acceptors (Lipinski definition) is 4. The lowest BCUT2D eigenvalue weighted by Crippen LogP contribution is -2.38. The Labute approximate surface area is 146 Å². The summed E-state index contributed by atoms with van der Waals surface area (Å²) in [7, 11) is -3.66. The van der Waals surface area contributed by atoms with Crippen molar-refractivity contribution in [2.75, 3.05) is 13.1 Å². The van der Waals surface area contributed by atoms with Gasteiger partial charge in [0.2, 0.25) is 15.9 Å². The molecular formula is C16H18ClN3O3S. The van der Waals surface area contributed by atoms with Gasteiger partial charge in [-0.1, -0.05) is 48.0 Å². The van der Waals surface area contributed by atoms with Crippen molar-refractivity contribution >= 4 is 27.5 Å². The highest BCUT2D eigenvalue weighted by Crippen LogP contribution is 2.15. The first kappa shape index (κ1) is 18.4. The van der Waals surface area contributed by atoms with E-state index in [1.54, 1.807) is 36.4 Å². The van der Waals surface area contributed by atoms with Gasteiger partial charge in [-0.05, 0) is 23.8 Å². The molecule has 2 aromatic rings. The normalized spacial score (nSPS) is 12.7. The Morgan fingerprint density at radius 2 is 1.79 bits per heavy atom. The summed E-state index contributed by atoms with van der Waals surface area (Å²) < 4.78 is 26.7. The van der Waals surface area contributed by atoms with Gasteiger partial charge in [0.25, 0.3) is 0 Å². The van der Waals surface area contributed by atoms with Crippen LogP contribution in [0.15, 0.2) is 59.5 Å². The quantitative estimate of drug-likeness (QED) is 0.614. The molecule has 0 spiro atoms. The number of sulfonamides is 1. The molecule has 24 heavy (non-hydrogen) atoms. The van der Waals surface area contributed by atoms with Gasteiger partial charge in [-0.3, -0.25) is 4.79 Å². The highest BCUT2D eigenvalue weighted by atomic mass is 35.5. The van der Waals surface area contributed by atoms with Crippen molar-refractivity contribution in [1.29, 1.82) is 0 Å². The van der Waals surface area contributed by atoms with Crippen molar-refractivity contribution in [3.05, 3.63) is 65.2 Å². The summed E-state index contributed by atoms with van der Waals surface area (Å²) in [6.45, 7) is 0.341. The summed E-state index contributed by atoms with van der Waals surface area (Å²) >= 11 is 5.80. The van der Waals surface area contributed by atoms with E-state index in [9.17, 15) is 13.2 Å². The molecule has 128 valence electrons. The zero-order valence-corrected chi connectivity index (χ0v) is 14.3. The predicted octanol–water partition coefficient (Wildman–Crippen LogP) is 1.43.